The molecule has 1 atom stereocenters. The molecule has 0 saturated carbocycles. The fourth-order valence-electron chi connectivity index (χ4n) is 10.1. The predicted octanol–water partition coefficient (Wildman–Crippen LogP) is 12.1. The Morgan fingerprint density at radius 1 is 0.596 bits per heavy atom. The van der Waals surface area contributed by atoms with Crippen molar-refractivity contribution >= 4 is 34.1 Å². The summed E-state index contributed by atoms with van der Waals surface area (Å²) in [5.41, 5.74) is 20.5. The third kappa shape index (κ3) is 4.79. The van der Waals surface area contributed by atoms with E-state index in [0.29, 0.717) is 18.6 Å². The van der Waals surface area contributed by atoms with Crippen LogP contribution in [-0.2, 0) is 31.1 Å². The molecule has 0 aromatic heterocycles. The minimum atomic E-state index is 0.0511. The zero-order valence-electron chi connectivity index (χ0n) is 32.0. The summed E-state index contributed by atoms with van der Waals surface area (Å²) in [6.45, 7) is 19.9. The second-order valence-electron chi connectivity index (χ2n) is 18.8. The molecule has 0 saturated heterocycles. The molecular weight excluding hydrogens is 637 g/mol. The molecule has 1 unspecified atom stereocenters. The molecule has 52 heavy (non-hydrogen) atoms. The van der Waals surface area contributed by atoms with E-state index in [1.54, 1.807) is 0 Å². The largest absolute Gasteiger partial charge is 0.486 e. The zero-order chi connectivity index (χ0) is 35.9. The Balaban J connectivity index is 1.27. The number of hydrogen-bond acceptors (Lipinski definition) is 4. The topological polar surface area (TPSA) is 24.9 Å². The number of anilines is 6. The first-order valence-electron chi connectivity index (χ1n) is 19.3. The Morgan fingerprint density at radius 3 is 1.92 bits per heavy atom. The molecule has 10 rings (SSSR count). The molecule has 5 aromatic rings. The van der Waals surface area contributed by atoms with Crippen molar-refractivity contribution in [1.29, 1.82) is 0 Å². The molecule has 4 nitrogen and oxygen atoms in total. The van der Waals surface area contributed by atoms with Gasteiger partial charge >= 0.3 is 0 Å². The highest BCUT2D eigenvalue weighted by Gasteiger charge is 2.45. The number of rotatable bonds is 2. The summed E-state index contributed by atoms with van der Waals surface area (Å²) in [6, 6.07) is 30.9. The fraction of sp³-hybridized carbons (Fsp3) is 0.375. The van der Waals surface area contributed by atoms with Gasteiger partial charge in [-0.1, -0.05) is 78.8 Å². The van der Waals surface area contributed by atoms with Gasteiger partial charge in [-0.05, 0) is 142 Å². The van der Waals surface area contributed by atoms with Crippen molar-refractivity contribution in [2.45, 2.75) is 92.4 Å². The van der Waals surface area contributed by atoms with E-state index in [9.17, 15) is 0 Å². The number of ether oxygens (including phenoxy) is 2. The van der Waals surface area contributed by atoms with Crippen molar-refractivity contribution in [2.75, 3.05) is 23.0 Å². The van der Waals surface area contributed by atoms with Crippen LogP contribution in [0.3, 0.4) is 0 Å². The molecule has 2 aliphatic carbocycles. The van der Waals surface area contributed by atoms with E-state index in [4.69, 9.17) is 9.47 Å². The Bertz CT molecular complexity index is 2320. The highest BCUT2D eigenvalue weighted by atomic mass is 16.6. The Morgan fingerprint density at radius 2 is 1.21 bits per heavy atom. The molecule has 0 radical (unpaired) electrons. The standard InChI is InChI=1S/C48H50N2O2/c1-28-19-39-43-40(20-28)50(34-13-10-33(11-14-34)46(2,3)4)44-36(15-16-41-45(44)52-18-17-51-41)42(43)37-22-31-26-48(7,8)27-32(31)23-38(37)49(39)35-12-9-29-24-47(5,6)25-30(29)21-35/h9-16,19-23,42H,17-18,24-27H2,1-8H3. The van der Waals surface area contributed by atoms with E-state index in [1.165, 1.54) is 72.8 Å². The Hall–Kier alpha value is -4.70. The molecule has 3 heterocycles. The van der Waals surface area contributed by atoms with Crippen LogP contribution >= 0.6 is 0 Å². The van der Waals surface area contributed by atoms with Crippen molar-refractivity contribution in [3.63, 3.8) is 0 Å². The summed E-state index contributed by atoms with van der Waals surface area (Å²) < 4.78 is 12.9. The number of aryl methyl sites for hydroxylation is 1. The first kappa shape index (κ1) is 32.0. The van der Waals surface area contributed by atoms with E-state index in [0.717, 1.165) is 48.6 Å². The van der Waals surface area contributed by atoms with Crippen molar-refractivity contribution < 1.29 is 9.47 Å². The second kappa shape index (κ2) is 10.7. The third-order valence-electron chi connectivity index (χ3n) is 12.3. The van der Waals surface area contributed by atoms with Crippen LogP contribution in [0.5, 0.6) is 11.5 Å². The highest BCUT2D eigenvalue weighted by molar-refractivity contribution is 5.98. The van der Waals surface area contributed by atoms with Crippen LogP contribution in [0.4, 0.5) is 34.1 Å². The maximum absolute atomic E-state index is 6.60. The van der Waals surface area contributed by atoms with Gasteiger partial charge in [0.1, 0.15) is 13.2 Å². The van der Waals surface area contributed by atoms with Crippen molar-refractivity contribution in [3.8, 4) is 11.5 Å². The van der Waals surface area contributed by atoms with Gasteiger partial charge < -0.3 is 19.3 Å². The van der Waals surface area contributed by atoms with E-state index in [2.05, 4.69) is 144 Å². The smallest absolute Gasteiger partial charge is 0.185 e. The van der Waals surface area contributed by atoms with E-state index in [-0.39, 0.29) is 16.7 Å². The molecule has 0 bridgehead atoms. The monoisotopic (exact) mass is 686 g/mol. The average Bonchev–Trinajstić information content (AvgIpc) is 3.57. The Kier molecular flexibility index (Phi) is 6.57. The quantitative estimate of drug-likeness (QED) is 0.181. The van der Waals surface area contributed by atoms with Crippen LogP contribution in [0.1, 0.15) is 104 Å². The van der Waals surface area contributed by atoms with Crippen molar-refractivity contribution in [1.82, 2.24) is 0 Å². The first-order chi connectivity index (χ1) is 24.7. The summed E-state index contributed by atoms with van der Waals surface area (Å²) in [7, 11) is 0. The molecule has 5 aromatic carbocycles. The lowest BCUT2D eigenvalue weighted by atomic mass is 9.74. The molecule has 3 aliphatic heterocycles. The summed E-state index contributed by atoms with van der Waals surface area (Å²) in [4.78, 5) is 5.08. The van der Waals surface area contributed by atoms with Gasteiger partial charge in [0.2, 0.25) is 0 Å². The normalized spacial score (nSPS) is 19.8. The van der Waals surface area contributed by atoms with Gasteiger partial charge in [-0.3, -0.25) is 0 Å². The molecule has 4 heteroatoms. The second-order valence-corrected chi connectivity index (χ2v) is 18.8. The van der Waals surface area contributed by atoms with Crippen LogP contribution in [0.2, 0.25) is 0 Å². The minimum absolute atomic E-state index is 0.0511. The summed E-state index contributed by atoms with van der Waals surface area (Å²) >= 11 is 0. The molecule has 0 spiro atoms. The van der Waals surface area contributed by atoms with Gasteiger partial charge in [0.15, 0.2) is 11.5 Å². The van der Waals surface area contributed by atoms with Crippen LogP contribution in [-0.4, -0.2) is 13.2 Å². The lowest BCUT2D eigenvalue weighted by molar-refractivity contribution is 0.172. The van der Waals surface area contributed by atoms with E-state index in [1.807, 2.05) is 0 Å². The molecule has 0 N–H and O–H groups in total. The Labute approximate surface area is 309 Å². The molecular formula is C48H50N2O2. The van der Waals surface area contributed by atoms with E-state index < -0.39 is 0 Å². The number of benzene rings is 5. The van der Waals surface area contributed by atoms with Crippen LogP contribution in [0, 0.1) is 17.8 Å². The number of nitrogens with zero attached hydrogens (tertiary/aromatic N) is 2. The van der Waals surface area contributed by atoms with Crippen molar-refractivity contribution in [2.24, 2.45) is 10.8 Å². The summed E-state index contributed by atoms with van der Waals surface area (Å²) in [5.74, 6) is 1.73. The van der Waals surface area contributed by atoms with E-state index >= 15 is 0 Å². The third-order valence-corrected chi connectivity index (χ3v) is 12.3. The molecule has 264 valence electrons. The SMILES string of the molecule is Cc1cc2c3c(c1)N(c1ccc(C(C)(C)C)cc1)c1c(ccc4c1OCCO4)C3c1cc3c(cc1N2c1ccc2c(c1)CC(C)(C)C2)CC(C)(C)C3. The maximum Gasteiger partial charge on any atom is 0.185 e. The first-order valence-corrected chi connectivity index (χ1v) is 19.3. The number of hydrogen-bond donors (Lipinski definition) is 0. The molecule has 5 aliphatic rings. The number of fused-ring (bicyclic) bond motifs is 8. The fourth-order valence-corrected chi connectivity index (χ4v) is 10.1. The van der Waals surface area contributed by atoms with Crippen molar-refractivity contribution in [3.05, 3.63) is 129 Å². The van der Waals surface area contributed by atoms with Gasteiger partial charge in [0.25, 0.3) is 0 Å². The van der Waals surface area contributed by atoms with Crippen LogP contribution < -0.4 is 19.3 Å². The highest BCUT2D eigenvalue weighted by Crippen LogP contribution is 2.64. The average molecular weight is 687 g/mol. The van der Waals surface area contributed by atoms with Gasteiger partial charge in [-0.25, -0.2) is 0 Å². The molecule has 0 amide bonds. The minimum Gasteiger partial charge on any atom is -0.486 e. The van der Waals surface area contributed by atoms with Gasteiger partial charge in [0, 0.05) is 22.9 Å². The summed E-state index contributed by atoms with van der Waals surface area (Å²) in [5, 5.41) is 0. The van der Waals surface area contributed by atoms with Crippen LogP contribution in [0.15, 0.2) is 78.9 Å². The summed E-state index contributed by atoms with van der Waals surface area (Å²) in [6.07, 6.45) is 4.46. The maximum atomic E-state index is 6.60. The van der Waals surface area contributed by atoms with Gasteiger partial charge in [0.05, 0.1) is 22.7 Å². The predicted molar refractivity (Wildman–Crippen MR) is 214 cm³/mol. The lowest BCUT2D eigenvalue weighted by Gasteiger charge is -2.46. The molecule has 0 fully saturated rings. The lowest BCUT2D eigenvalue weighted by Crippen LogP contribution is -2.31. The van der Waals surface area contributed by atoms with Crippen LogP contribution in [0.25, 0.3) is 0 Å². The van der Waals surface area contributed by atoms with Gasteiger partial charge in [-0.2, -0.15) is 0 Å². The zero-order valence-corrected chi connectivity index (χ0v) is 32.0. The van der Waals surface area contributed by atoms with Gasteiger partial charge in [-0.15, -0.1) is 0 Å².